The van der Waals surface area contributed by atoms with E-state index in [-0.39, 0.29) is 0 Å². The van der Waals surface area contributed by atoms with Crippen molar-refractivity contribution in [3.05, 3.63) is 30.3 Å². The Bertz CT molecular complexity index is 722. The number of benzene rings is 1. The molecule has 0 radical (unpaired) electrons. The number of nitrogens with zero attached hydrogens (tertiary/aromatic N) is 4. The van der Waals surface area contributed by atoms with Crippen LogP contribution in [0.4, 0.5) is 0 Å². The second-order valence-corrected chi connectivity index (χ2v) is 5.24. The molecule has 110 valence electrons. The van der Waals surface area contributed by atoms with E-state index in [0.29, 0.717) is 0 Å². The molecule has 0 saturated carbocycles. The minimum Gasteiger partial charge on any atom is -0.493 e. The van der Waals surface area contributed by atoms with E-state index in [1.165, 1.54) is 25.7 Å². The largest absolute Gasteiger partial charge is 0.493 e. The predicted octanol–water partition coefficient (Wildman–Crippen LogP) is 3.63. The first-order valence-corrected chi connectivity index (χ1v) is 7.63. The molecule has 0 aliphatic carbocycles. The third kappa shape index (κ3) is 2.96. The Morgan fingerprint density at radius 2 is 1.95 bits per heavy atom. The number of tetrazole rings is 1. The predicted molar refractivity (Wildman–Crippen MR) is 82.5 cm³/mol. The number of rotatable bonds is 7. The molecule has 21 heavy (non-hydrogen) atoms. The quantitative estimate of drug-likeness (QED) is 0.622. The highest BCUT2D eigenvalue weighted by atomic mass is 16.5. The molecule has 2 heterocycles. The molecule has 0 unspecified atom stereocenters. The molecule has 2 aromatic heterocycles. The number of unbranched alkanes of at least 4 members (excludes halogenated alkanes) is 4. The number of ether oxygens (including phenoxy) is 1. The van der Waals surface area contributed by atoms with Crippen LogP contribution in [0.3, 0.4) is 0 Å². The fourth-order valence-electron chi connectivity index (χ4n) is 2.52. The Hall–Kier alpha value is -2.17. The van der Waals surface area contributed by atoms with Gasteiger partial charge in [0, 0.05) is 11.5 Å². The summed E-state index contributed by atoms with van der Waals surface area (Å²) in [5.41, 5.74) is 1.69. The average Bonchev–Trinajstić information content (AvgIpc) is 2.99. The minimum absolute atomic E-state index is 0.717. The maximum atomic E-state index is 5.97. The van der Waals surface area contributed by atoms with Crippen molar-refractivity contribution in [2.75, 3.05) is 6.61 Å². The number of para-hydroxylation sites is 1. The first kappa shape index (κ1) is 13.8. The highest BCUT2D eigenvalue weighted by molar-refractivity contribution is 5.87. The Morgan fingerprint density at radius 1 is 1.10 bits per heavy atom. The summed E-state index contributed by atoms with van der Waals surface area (Å²) >= 11 is 0. The van der Waals surface area contributed by atoms with E-state index in [0.717, 1.165) is 35.3 Å². The van der Waals surface area contributed by atoms with E-state index in [1.807, 2.05) is 30.3 Å². The molecule has 0 aliphatic rings. The molecule has 0 saturated heterocycles. The number of hydrogen-bond acceptors (Lipinski definition) is 4. The van der Waals surface area contributed by atoms with E-state index < -0.39 is 0 Å². The van der Waals surface area contributed by atoms with Gasteiger partial charge < -0.3 is 4.74 Å². The van der Waals surface area contributed by atoms with Gasteiger partial charge >= 0.3 is 0 Å². The summed E-state index contributed by atoms with van der Waals surface area (Å²) in [6.07, 6.45) is 6.17. The fraction of sp³-hybridized carbons (Fsp3) is 0.438. The topological polar surface area (TPSA) is 52.3 Å². The zero-order valence-corrected chi connectivity index (χ0v) is 12.3. The van der Waals surface area contributed by atoms with Gasteiger partial charge in [0.25, 0.3) is 0 Å². The molecule has 0 atom stereocenters. The van der Waals surface area contributed by atoms with Crippen molar-refractivity contribution in [2.24, 2.45) is 0 Å². The van der Waals surface area contributed by atoms with Gasteiger partial charge in [-0.2, -0.15) is 4.52 Å². The van der Waals surface area contributed by atoms with Crippen LogP contribution >= 0.6 is 0 Å². The van der Waals surface area contributed by atoms with Crippen molar-refractivity contribution in [3.63, 3.8) is 0 Å². The van der Waals surface area contributed by atoms with E-state index in [2.05, 4.69) is 22.4 Å². The van der Waals surface area contributed by atoms with Gasteiger partial charge in [-0.05, 0) is 29.0 Å². The summed E-state index contributed by atoms with van der Waals surface area (Å²) < 4.78 is 7.71. The van der Waals surface area contributed by atoms with Crippen LogP contribution in [0.2, 0.25) is 0 Å². The van der Waals surface area contributed by atoms with Crippen LogP contribution in [0.15, 0.2) is 30.3 Å². The molecule has 0 N–H and O–H groups in total. The Morgan fingerprint density at radius 3 is 2.86 bits per heavy atom. The lowest BCUT2D eigenvalue weighted by Crippen LogP contribution is -2.00. The zero-order valence-electron chi connectivity index (χ0n) is 12.3. The van der Waals surface area contributed by atoms with E-state index in [1.54, 1.807) is 4.52 Å². The molecule has 3 rings (SSSR count). The summed E-state index contributed by atoms with van der Waals surface area (Å²) in [6, 6.07) is 9.95. The summed E-state index contributed by atoms with van der Waals surface area (Å²) in [4.78, 5) is 0. The molecule has 0 spiro atoms. The van der Waals surface area contributed by atoms with E-state index in [9.17, 15) is 0 Å². The van der Waals surface area contributed by atoms with Crippen molar-refractivity contribution < 1.29 is 4.74 Å². The van der Waals surface area contributed by atoms with Crippen molar-refractivity contribution in [1.29, 1.82) is 0 Å². The Kier molecular flexibility index (Phi) is 4.28. The van der Waals surface area contributed by atoms with Gasteiger partial charge in [-0.25, -0.2) is 0 Å². The molecule has 0 aliphatic heterocycles. The van der Waals surface area contributed by atoms with Crippen LogP contribution in [0.1, 0.15) is 39.0 Å². The van der Waals surface area contributed by atoms with Crippen LogP contribution in [-0.2, 0) is 0 Å². The molecule has 0 bridgehead atoms. The highest BCUT2D eigenvalue weighted by Crippen LogP contribution is 2.26. The van der Waals surface area contributed by atoms with Crippen molar-refractivity contribution >= 4 is 16.6 Å². The van der Waals surface area contributed by atoms with Crippen molar-refractivity contribution in [3.8, 4) is 5.75 Å². The van der Waals surface area contributed by atoms with Crippen molar-refractivity contribution in [1.82, 2.24) is 20.0 Å². The third-order valence-corrected chi connectivity index (χ3v) is 3.66. The first-order chi connectivity index (χ1) is 10.4. The molecule has 3 aromatic rings. The summed E-state index contributed by atoms with van der Waals surface area (Å²) in [5.74, 6) is 0.864. The smallest absolute Gasteiger partial charge is 0.183 e. The third-order valence-electron chi connectivity index (χ3n) is 3.66. The number of hydrogen-bond donors (Lipinski definition) is 0. The monoisotopic (exact) mass is 284 g/mol. The van der Waals surface area contributed by atoms with Crippen LogP contribution in [-0.4, -0.2) is 26.6 Å². The van der Waals surface area contributed by atoms with E-state index in [4.69, 9.17) is 4.74 Å². The molecule has 5 heteroatoms. The molecule has 1 aromatic carbocycles. The number of pyridine rings is 1. The Labute approximate surface area is 123 Å². The molecule has 5 nitrogen and oxygen atoms in total. The first-order valence-electron chi connectivity index (χ1n) is 7.63. The van der Waals surface area contributed by atoms with Crippen LogP contribution in [0, 0.1) is 0 Å². The van der Waals surface area contributed by atoms with E-state index >= 15 is 0 Å². The number of fused-ring (bicyclic) bond motifs is 3. The molecule has 0 fully saturated rings. The van der Waals surface area contributed by atoms with Gasteiger partial charge in [-0.1, -0.05) is 44.7 Å². The average molecular weight is 284 g/mol. The Balaban J connectivity index is 1.77. The lowest BCUT2D eigenvalue weighted by atomic mass is 10.1. The second-order valence-electron chi connectivity index (χ2n) is 5.24. The lowest BCUT2D eigenvalue weighted by Gasteiger charge is -2.10. The lowest BCUT2D eigenvalue weighted by molar-refractivity contribution is 0.308. The second kappa shape index (κ2) is 6.52. The van der Waals surface area contributed by atoms with Crippen LogP contribution in [0.25, 0.3) is 16.6 Å². The van der Waals surface area contributed by atoms with Gasteiger partial charge in [0.1, 0.15) is 5.75 Å². The van der Waals surface area contributed by atoms with Crippen molar-refractivity contribution in [2.45, 2.75) is 39.0 Å². The maximum Gasteiger partial charge on any atom is 0.183 e. The molecule has 0 amide bonds. The van der Waals surface area contributed by atoms with Crippen LogP contribution < -0.4 is 4.74 Å². The van der Waals surface area contributed by atoms with Gasteiger partial charge in [-0.15, -0.1) is 5.10 Å². The fourth-order valence-corrected chi connectivity index (χ4v) is 2.52. The summed E-state index contributed by atoms with van der Waals surface area (Å²) in [7, 11) is 0. The van der Waals surface area contributed by atoms with Gasteiger partial charge in [-0.3, -0.25) is 0 Å². The SMILES string of the molecule is CCCCCCCOc1cc2nnnn2c2ccccc12. The summed E-state index contributed by atoms with van der Waals surface area (Å²) in [5, 5.41) is 12.8. The van der Waals surface area contributed by atoms with Gasteiger partial charge in [0.2, 0.25) is 0 Å². The zero-order chi connectivity index (χ0) is 14.5. The van der Waals surface area contributed by atoms with Gasteiger partial charge in [0.15, 0.2) is 5.65 Å². The van der Waals surface area contributed by atoms with Crippen LogP contribution in [0.5, 0.6) is 5.75 Å². The number of aromatic nitrogens is 4. The van der Waals surface area contributed by atoms with Gasteiger partial charge in [0.05, 0.1) is 12.1 Å². The normalized spacial score (nSPS) is 11.3. The highest BCUT2D eigenvalue weighted by Gasteiger charge is 2.09. The maximum absolute atomic E-state index is 5.97. The minimum atomic E-state index is 0.717. The summed E-state index contributed by atoms with van der Waals surface area (Å²) in [6.45, 7) is 2.97. The standard InChI is InChI=1S/C16H20N4O/c1-2-3-4-5-8-11-21-15-12-16-17-18-19-20(16)14-10-7-6-9-13(14)15/h6-7,9-10,12H,2-5,8,11H2,1H3. The molecular formula is C16H20N4O. The molecular weight excluding hydrogens is 264 g/mol.